The number of methoxy groups -OCH3 is 2. The van der Waals surface area contributed by atoms with Crippen molar-refractivity contribution in [2.24, 2.45) is 0 Å². The molecule has 0 unspecified atom stereocenters. The van der Waals surface area contributed by atoms with E-state index >= 15 is 0 Å². The van der Waals surface area contributed by atoms with Crippen LogP contribution in [0.5, 0.6) is 11.5 Å². The van der Waals surface area contributed by atoms with Crippen LogP contribution in [0.15, 0.2) is 89.3 Å². The second-order valence-electron chi connectivity index (χ2n) is 6.84. The monoisotopic (exact) mass is 414 g/mol. The Morgan fingerprint density at radius 3 is 1.45 bits per heavy atom. The quantitative estimate of drug-likeness (QED) is 0.205. The fourth-order valence-electron chi connectivity index (χ4n) is 3.24. The highest BCUT2D eigenvalue weighted by molar-refractivity contribution is 5.75. The molecule has 0 atom stereocenters. The summed E-state index contributed by atoms with van der Waals surface area (Å²) in [7, 11) is 3.24. The summed E-state index contributed by atoms with van der Waals surface area (Å²) in [6.07, 6.45) is 0. The van der Waals surface area contributed by atoms with Crippen LogP contribution in [0.1, 0.15) is 0 Å². The third kappa shape index (κ3) is 4.38. The minimum atomic E-state index is -0.407. The molecule has 0 fully saturated rings. The largest absolute Gasteiger partial charge is 0.497 e. The van der Waals surface area contributed by atoms with E-state index in [2.05, 4.69) is 0 Å². The minimum absolute atomic E-state index is 0.0510. The highest BCUT2D eigenvalue weighted by Gasteiger charge is 2.21. The van der Waals surface area contributed by atoms with Crippen LogP contribution in [-0.4, -0.2) is 19.1 Å². The maximum Gasteiger partial charge on any atom is 0.361 e. The van der Waals surface area contributed by atoms with Crippen LogP contribution >= 0.6 is 0 Å². The second kappa shape index (κ2) is 8.67. The van der Waals surface area contributed by atoms with Gasteiger partial charge in [-0.2, -0.15) is 0 Å². The summed E-state index contributed by atoms with van der Waals surface area (Å²) < 4.78 is 16.7. The minimum Gasteiger partial charge on any atom is -0.497 e. The third-order valence-electron chi connectivity index (χ3n) is 4.95. The summed E-state index contributed by atoms with van der Waals surface area (Å²) in [6.45, 7) is 0. The van der Waals surface area contributed by atoms with Gasteiger partial charge in [0.2, 0.25) is 0 Å². The average Bonchev–Trinajstić information content (AvgIpc) is 2.84. The maximum absolute atomic E-state index is 11.0. The molecule has 1 heterocycles. The van der Waals surface area contributed by atoms with Gasteiger partial charge in [-0.25, -0.2) is 4.42 Å². The first kappa shape index (κ1) is 20.1. The lowest BCUT2D eigenvalue weighted by Crippen LogP contribution is -1.89. The van der Waals surface area contributed by atoms with E-state index in [0.717, 1.165) is 33.8 Å². The van der Waals surface area contributed by atoms with Gasteiger partial charge in [-0.05, 0) is 66.2 Å². The van der Waals surface area contributed by atoms with Crippen molar-refractivity contribution in [2.75, 3.05) is 14.2 Å². The molecule has 3 aromatic carbocycles. The molecule has 0 bridgehead atoms. The lowest BCUT2D eigenvalue weighted by Gasteiger charge is -2.04. The summed E-state index contributed by atoms with van der Waals surface area (Å²) >= 11 is 0. The van der Waals surface area contributed by atoms with Crippen molar-refractivity contribution in [3.63, 3.8) is 0 Å². The van der Waals surface area contributed by atoms with Crippen LogP contribution < -0.4 is 9.47 Å². The molecule has 31 heavy (non-hydrogen) atoms. The Kier molecular flexibility index (Phi) is 5.62. The van der Waals surface area contributed by atoms with Gasteiger partial charge in [0, 0.05) is 17.7 Å². The third-order valence-corrected chi connectivity index (χ3v) is 4.95. The molecule has 0 N–H and O–H groups in total. The van der Waals surface area contributed by atoms with E-state index < -0.39 is 4.92 Å². The van der Waals surface area contributed by atoms with Crippen molar-refractivity contribution in [2.45, 2.75) is 0 Å². The van der Waals surface area contributed by atoms with Gasteiger partial charge < -0.3 is 9.47 Å². The van der Waals surface area contributed by atoms with Crippen molar-refractivity contribution in [3.05, 3.63) is 95.0 Å². The van der Waals surface area contributed by atoms with Crippen LogP contribution in [0.3, 0.4) is 0 Å². The van der Waals surface area contributed by atoms with Gasteiger partial charge in [0.15, 0.2) is 0 Å². The van der Waals surface area contributed by atoms with E-state index in [1.54, 1.807) is 26.4 Å². The van der Waals surface area contributed by atoms with Crippen molar-refractivity contribution in [1.82, 2.24) is 0 Å². The fourth-order valence-corrected chi connectivity index (χ4v) is 3.24. The summed E-state index contributed by atoms with van der Waals surface area (Å²) in [5.74, 6) is 2.85. The highest BCUT2D eigenvalue weighted by Crippen LogP contribution is 2.34. The number of nitro benzene ring substituents is 1. The molecule has 4 rings (SSSR count). The SMILES string of the molecule is COc1ccc(-c2cc(-c3ccc([N+](=O)[O-])cc3)cc(-c3ccc(OC)cc3)[o+]2)cc1. The Morgan fingerprint density at radius 1 is 0.645 bits per heavy atom. The highest BCUT2D eigenvalue weighted by atomic mass is 16.6. The summed E-state index contributed by atoms with van der Waals surface area (Å²) in [4.78, 5) is 10.6. The van der Waals surface area contributed by atoms with Gasteiger partial charge in [-0.1, -0.05) is 0 Å². The molecular formula is C25H20NO5+. The first-order chi connectivity index (χ1) is 15.1. The molecule has 1 aromatic heterocycles. The summed E-state index contributed by atoms with van der Waals surface area (Å²) in [5, 5.41) is 11.0. The van der Waals surface area contributed by atoms with E-state index in [9.17, 15) is 10.1 Å². The molecule has 0 spiro atoms. The van der Waals surface area contributed by atoms with Crippen molar-refractivity contribution < 1.29 is 18.8 Å². The molecule has 154 valence electrons. The van der Waals surface area contributed by atoms with Crippen molar-refractivity contribution in [1.29, 1.82) is 0 Å². The number of nitrogens with zero attached hydrogens (tertiary/aromatic N) is 1. The zero-order valence-electron chi connectivity index (χ0n) is 17.1. The van der Waals surface area contributed by atoms with E-state index in [4.69, 9.17) is 13.9 Å². The topological polar surface area (TPSA) is 72.9 Å². The Morgan fingerprint density at radius 2 is 1.06 bits per heavy atom. The van der Waals surface area contributed by atoms with Crippen LogP contribution in [0, 0.1) is 10.1 Å². The maximum atomic E-state index is 11.0. The van der Waals surface area contributed by atoms with Crippen molar-refractivity contribution in [3.8, 4) is 45.3 Å². The Labute approximate surface area is 179 Å². The van der Waals surface area contributed by atoms with Gasteiger partial charge in [-0.3, -0.25) is 10.1 Å². The molecule has 0 amide bonds. The Bertz CT molecular complexity index is 1130. The normalized spacial score (nSPS) is 10.5. The molecule has 6 nitrogen and oxygen atoms in total. The molecule has 0 saturated heterocycles. The molecule has 4 aromatic rings. The molecular weight excluding hydrogens is 394 g/mol. The summed E-state index contributed by atoms with van der Waals surface area (Å²) in [5.41, 5.74) is 3.57. The molecule has 0 saturated carbocycles. The Hall–Kier alpha value is -4.19. The zero-order valence-corrected chi connectivity index (χ0v) is 17.1. The zero-order chi connectivity index (χ0) is 21.8. The predicted octanol–water partition coefficient (Wildman–Crippen LogP) is 6.49. The first-order valence-electron chi connectivity index (χ1n) is 9.59. The lowest BCUT2D eigenvalue weighted by atomic mass is 10.0. The molecule has 6 heteroatoms. The first-order valence-corrected chi connectivity index (χ1v) is 9.59. The molecule has 0 aliphatic rings. The van der Waals surface area contributed by atoms with E-state index in [0.29, 0.717) is 11.5 Å². The predicted molar refractivity (Wildman–Crippen MR) is 119 cm³/mol. The average molecular weight is 414 g/mol. The van der Waals surface area contributed by atoms with E-state index in [1.807, 2.05) is 60.7 Å². The standard InChI is InChI=1S/C25H20NO5/c1-29-22-11-5-18(6-12-22)24-15-20(17-3-9-21(10-4-17)26(27)28)16-25(31-24)19-7-13-23(30-2)14-8-19/h3-16H,1-2H3/q+1. The number of rotatable bonds is 6. The Balaban J connectivity index is 1.83. The second-order valence-corrected chi connectivity index (χ2v) is 6.84. The molecule has 0 aliphatic carbocycles. The number of non-ortho nitro benzene ring substituents is 1. The van der Waals surface area contributed by atoms with E-state index in [-0.39, 0.29) is 5.69 Å². The van der Waals surface area contributed by atoms with E-state index in [1.165, 1.54) is 12.1 Å². The number of ether oxygens (including phenoxy) is 2. The smallest absolute Gasteiger partial charge is 0.361 e. The number of hydrogen-bond acceptors (Lipinski definition) is 4. The van der Waals surface area contributed by atoms with Crippen LogP contribution in [-0.2, 0) is 0 Å². The van der Waals surface area contributed by atoms with Crippen LogP contribution in [0.4, 0.5) is 5.69 Å². The van der Waals surface area contributed by atoms with Gasteiger partial charge in [0.25, 0.3) is 5.69 Å². The van der Waals surface area contributed by atoms with Gasteiger partial charge in [0.1, 0.15) is 11.5 Å². The van der Waals surface area contributed by atoms with Gasteiger partial charge in [0.05, 0.1) is 42.4 Å². The van der Waals surface area contributed by atoms with Crippen LogP contribution in [0.2, 0.25) is 0 Å². The van der Waals surface area contributed by atoms with Gasteiger partial charge in [-0.15, -0.1) is 0 Å². The molecule has 0 radical (unpaired) electrons. The van der Waals surface area contributed by atoms with Crippen molar-refractivity contribution >= 4 is 5.69 Å². The fraction of sp³-hybridized carbons (Fsp3) is 0.0800. The van der Waals surface area contributed by atoms with Crippen LogP contribution in [0.25, 0.3) is 33.8 Å². The molecule has 0 aliphatic heterocycles. The number of benzene rings is 3. The van der Waals surface area contributed by atoms with Gasteiger partial charge >= 0.3 is 11.5 Å². The summed E-state index contributed by atoms with van der Waals surface area (Å²) in [6, 6.07) is 25.5. The lowest BCUT2D eigenvalue weighted by molar-refractivity contribution is -0.384. The number of hydrogen-bond donors (Lipinski definition) is 0. The number of nitro groups is 1.